The van der Waals surface area contributed by atoms with Gasteiger partial charge in [-0.25, -0.2) is 0 Å². The number of unbranched alkanes of at least 4 members (excludes halogenated alkanes) is 1. The van der Waals surface area contributed by atoms with Gasteiger partial charge in [0, 0.05) is 12.8 Å². The van der Waals surface area contributed by atoms with Gasteiger partial charge < -0.3 is 15.3 Å². The molecule has 0 unspecified atom stereocenters. The lowest BCUT2D eigenvalue weighted by Crippen LogP contribution is -3.09. The van der Waals surface area contributed by atoms with E-state index in [0.29, 0.717) is 0 Å². The molecule has 0 saturated carbocycles. The lowest BCUT2D eigenvalue weighted by atomic mass is 10.3. The number of hydrogen-bond donors (Lipinski definition) is 1. The Morgan fingerprint density at radius 1 is 1.43 bits per heavy atom. The van der Waals surface area contributed by atoms with Crippen molar-refractivity contribution < 1.29 is 4.90 Å². The van der Waals surface area contributed by atoms with Crippen molar-refractivity contribution in [2.45, 2.75) is 32.6 Å². The van der Waals surface area contributed by atoms with Crippen molar-refractivity contribution in [1.82, 2.24) is 0 Å². The van der Waals surface area contributed by atoms with Crippen LogP contribution in [0.15, 0.2) is 4.99 Å². The largest absolute Gasteiger partial charge is 0.422 e. The summed E-state index contributed by atoms with van der Waals surface area (Å²) in [5, 5.41) is 14.9. The first-order valence-corrected chi connectivity index (χ1v) is 5.16. The van der Waals surface area contributed by atoms with Gasteiger partial charge in [0.05, 0.1) is 25.8 Å². The SMILES string of the molecule is CCCC[NH+]1CCCC1.N#CN=C=[N-]. The van der Waals surface area contributed by atoms with Gasteiger partial charge in [-0.2, -0.15) is 5.26 Å². The van der Waals surface area contributed by atoms with Crippen LogP contribution in [0.1, 0.15) is 32.6 Å². The maximum absolute atomic E-state index is 7.43. The zero-order valence-electron chi connectivity index (χ0n) is 8.79. The van der Waals surface area contributed by atoms with Gasteiger partial charge in [-0.05, 0) is 6.42 Å². The maximum atomic E-state index is 7.43. The van der Waals surface area contributed by atoms with Gasteiger partial charge in [-0.1, -0.05) is 13.3 Å². The second kappa shape index (κ2) is 9.91. The molecule has 0 spiro atoms. The van der Waals surface area contributed by atoms with Crippen LogP contribution in [-0.2, 0) is 0 Å². The summed E-state index contributed by atoms with van der Waals surface area (Å²) in [4.78, 5) is 4.43. The van der Waals surface area contributed by atoms with Gasteiger partial charge in [-0.3, -0.25) is 0 Å². The van der Waals surface area contributed by atoms with Crippen LogP contribution in [0, 0.1) is 11.5 Å². The lowest BCUT2D eigenvalue weighted by Gasteiger charge is -2.09. The highest BCUT2D eigenvalue weighted by Crippen LogP contribution is 1.89. The van der Waals surface area contributed by atoms with Crippen LogP contribution >= 0.6 is 0 Å². The maximum Gasteiger partial charge on any atom is 0.0925 e. The Balaban J connectivity index is 0.000000292. The number of aliphatic imine (C=N–C) groups is 1. The average molecular weight is 194 g/mol. The number of likely N-dealkylation sites (tertiary alicyclic amines) is 1. The van der Waals surface area contributed by atoms with Crippen molar-refractivity contribution in [2.24, 2.45) is 4.99 Å². The summed E-state index contributed by atoms with van der Waals surface area (Å²) in [7, 11) is 0. The van der Waals surface area contributed by atoms with Crippen molar-refractivity contribution in [1.29, 1.82) is 5.26 Å². The van der Waals surface area contributed by atoms with E-state index < -0.39 is 0 Å². The van der Waals surface area contributed by atoms with Crippen LogP contribution in [0.3, 0.4) is 0 Å². The summed E-state index contributed by atoms with van der Waals surface area (Å²) < 4.78 is 0. The molecule has 0 aromatic carbocycles. The molecule has 1 aliphatic rings. The quantitative estimate of drug-likeness (QED) is 0.521. The van der Waals surface area contributed by atoms with Gasteiger partial charge in [-0.15, -0.1) is 6.01 Å². The Morgan fingerprint density at radius 2 is 2.07 bits per heavy atom. The fourth-order valence-corrected chi connectivity index (χ4v) is 1.57. The smallest absolute Gasteiger partial charge is 0.0925 e. The highest BCUT2D eigenvalue weighted by atomic mass is 15.1. The van der Waals surface area contributed by atoms with E-state index in [2.05, 4.69) is 11.9 Å². The molecule has 1 aliphatic heterocycles. The Morgan fingerprint density at radius 3 is 2.43 bits per heavy atom. The number of rotatable bonds is 3. The van der Waals surface area contributed by atoms with E-state index in [1.165, 1.54) is 57.5 Å². The van der Waals surface area contributed by atoms with Crippen LogP contribution in [0.2, 0.25) is 0 Å². The number of nitriles is 1. The van der Waals surface area contributed by atoms with E-state index in [1.54, 1.807) is 0 Å². The van der Waals surface area contributed by atoms with E-state index in [1.807, 2.05) is 4.90 Å². The Hall–Kier alpha value is -1.17. The summed E-state index contributed by atoms with van der Waals surface area (Å²) in [6.07, 6.45) is 7.01. The molecule has 1 heterocycles. The Kier molecular flexibility index (Phi) is 9.09. The molecule has 1 rings (SSSR count). The van der Waals surface area contributed by atoms with Crippen molar-refractivity contribution in [2.75, 3.05) is 19.6 Å². The van der Waals surface area contributed by atoms with Gasteiger partial charge >= 0.3 is 0 Å². The summed E-state index contributed by atoms with van der Waals surface area (Å²) in [6, 6.07) is 1.28. The second-order valence-corrected chi connectivity index (χ2v) is 3.37. The van der Waals surface area contributed by atoms with E-state index in [9.17, 15) is 0 Å². The molecule has 1 N–H and O–H groups in total. The van der Waals surface area contributed by atoms with E-state index in [4.69, 9.17) is 10.7 Å². The lowest BCUT2D eigenvalue weighted by molar-refractivity contribution is -0.887. The molecule has 14 heavy (non-hydrogen) atoms. The summed E-state index contributed by atoms with van der Waals surface area (Å²) in [5.74, 6) is 0. The number of quaternary nitrogens is 1. The van der Waals surface area contributed by atoms with E-state index in [-0.39, 0.29) is 0 Å². The molecule has 0 aromatic rings. The van der Waals surface area contributed by atoms with Crippen LogP contribution in [0.4, 0.5) is 0 Å². The van der Waals surface area contributed by atoms with Crippen molar-refractivity contribution in [3.05, 3.63) is 5.41 Å². The molecule has 78 valence electrons. The molecule has 1 saturated heterocycles. The third-order valence-electron chi connectivity index (χ3n) is 2.29. The molecule has 4 heteroatoms. The van der Waals surface area contributed by atoms with Crippen molar-refractivity contribution in [3.8, 4) is 6.19 Å². The summed E-state index contributed by atoms with van der Waals surface area (Å²) in [5.41, 5.74) is 0. The molecule has 0 aliphatic carbocycles. The normalized spacial score (nSPS) is 14.9. The molecule has 1 fully saturated rings. The summed E-state index contributed by atoms with van der Waals surface area (Å²) >= 11 is 0. The van der Waals surface area contributed by atoms with Crippen LogP contribution in [0.25, 0.3) is 5.41 Å². The van der Waals surface area contributed by atoms with Crippen molar-refractivity contribution in [3.63, 3.8) is 0 Å². The third kappa shape index (κ3) is 7.48. The van der Waals surface area contributed by atoms with Gasteiger partial charge in [0.1, 0.15) is 0 Å². The fourth-order valence-electron chi connectivity index (χ4n) is 1.57. The van der Waals surface area contributed by atoms with Crippen LogP contribution in [-0.4, -0.2) is 25.6 Å². The Bertz CT molecular complexity index is 207. The standard InChI is InChI=1S/C8H17N.C2N3/c1-2-3-6-9-7-4-5-8-9;3-1-5-2-4/h2-8H2,1H3;/q;-1/p+1. The molecule has 0 bridgehead atoms. The zero-order valence-corrected chi connectivity index (χ0v) is 8.79. The zero-order chi connectivity index (χ0) is 10.6. The van der Waals surface area contributed by atoms with Crippen LogP contribution < -0.4 is 4.90 Å². The first-order valence-electron chi connectivity index (χ1n) is 5.16. The van der Waals surface area contributed by atoms with Gasteiger partial charge in [0.15, 0.2) is 0 Å². The van der Waals surface area contributed by atoms with E-state index >= 15 is 0 Å². The molecule has 0 amide bonds. The molecular formula is C10H18N4. The minimum absolute atomic E-state index is 1.28. The minimum atomic E-state index is 1.28. The molecule has 0 aromatic heterocycles. The predicted molar refractivity (Wildman–Crippen MR) is 56.1 cm³/mol. The fraction of sp³-hybridized carbons (Fsp3) is 0.800. The van der Waals surface area contributed by atoms with Gasteiger partial charge in [0.2, 0.25) is 0 Å². The number of nitrogens with zero attached hydrogens (tertiary/aromatic N) is 3. The highest BCUT2D eigenvalue weighted by molar-refractivity contribution is 5.46. The monoisotopic (exact) mass is 194 g/mol. The third-order valence-corrected chi connectivity index (χ3v) is 2.29. The van der Waals surface area contributed by atoms with Crippen molar-refractivity contribution >= 4 is 6.01 Å². The number of hydrogen-bond acceptors (Lipinski definition) is 2. The molecule has 4 nitrogen and oxygen atoms in total. The minimum Gasteiger partial charge on any atom is -0.422 e. The first-order chi connectivity index (χ1) is 6.85. The topological polar surface area (TPSA) is 62.9 Å². The molecule has 0 radical (unpaired) electrons. The summed E-state index contributed by atoms with van der Waals surface area (Å²) in [6.45, 7) is 6.59. The highest BCUT2D eigenvalue weighted by Gasteiger charge is 2.13. The Labute approximate surface area is 85.8 Å². The van der Waals surface area contributed by atoms with E-state index in [0.717, 1.165) is 0 Å². The average Bonchev–Trinajstić information content (AvgIpc) is 2.69. The number of nitrogens with one attached hydrogen (secondary N) is 1. The second-order valence-electron chi connectivity index (χ2n) is 3.37. The first kappa shape index (κ1) is 12.8. The van der Waals surface area contributed by atoms with Crippen LogP contribution in [0.5, 0.6) is 0 Å². The predicted octanol–water partition coefficient (Wildman–Crippen LogP) is 0.676. The molecular weight excluding hydrogens is 176 g/mol. The molecule has 0 atom stereocenters. The van der Waals surface area contributed by atoms with Gasteiger partial charge in [0.25, 0.3) is 0 Å².